The van der Waals surface area contributed by atoms with E-state index < -0.39 is 5.97 Å². The third kappa shape index (κ3) is 2.51. The van der Waals surface area contributed by atoms with E-state index in [4.69, 9.17) is 9.84 Å². The summed E-state index contributed by atoms with van der Waals surface area (Å²) in [5.41, 5.74) is 1.09. The average molecular weight is 246 g/mol. The first-order valence-electron chi connectivity index (χ1n) is 5.64. The van der Waals surface area contributed by atoms with Gasteiger partial charge in [0.05, 0.1) is 18.0 Å². The molecule has 0 atom stereocenters. The minimum absolute atomic E-state index is 0.207. The second-order valence-corrected chi connectivity index (χ2v) is 3.92. The van der Waals surface area contributed by atoms with Gasteiger partial charge in [0, 0.05) is 6.54 Å². The van der Waals surface area contributed by atoms with E-state index in [1.54, 1.807) is 29.2 Å². The standard InChI is InChI=1S/C13H14N2O3/c1-3-15-8-11(7-14-15)18-12-6-10(13(16)17)5-4-9(12)2/h4-8H,3H2,1-2H3,(H,16,17). The number of ether oxygens (including phenoxy) is 1. The fraction of sp³-hybridized carbons (Fsp3) is 0.231. The van der Waals surface area contributed by atoms with Crippen LogP contribution in [0.1, 0.15) is 22.8 Å². The summed E-state index contributed by atoms with van der Waals surface area (Å²) in [5, 5.41) is 13.0. The van der Waals surface area contributed by atoms with E-state index >= 15 is 0 Å². The van der Waals surface area contributed by atoms with Crippen molar-refractivity contribution in [1.82, 2.24) is 9.78 Å². The third-order valence-corrected chi connectivity index (χ3v) is 2.60. The number of hydrogen-bond donors (Lipinski definition) is 1. The summed E-state index contributed by atoms with van der Waals surface area (Å²) in [6.45, 7) is 4.61. The fourth-order valence-corrected chi connectivity index (χ4v) is 1.54. The molecule has 0 saturated carbocycles. The molecule has 0 bridgehead atoms. The van der Waals surface area contributed by atoms with Gasteiger partial charge in [0.25, 0.3) is 0 Å². The number of nitrogens with zero attached hydrogens (tertiary/aromatic N) is 2. The van der Waals surface area contributed by atoms with E-state index in [9.17, 15) is 4.79 Å². The highest BCUT2D eigenvalue weighted by molar-refractivity contribution is 5.88. The number of aromatic nitrogens is 2. The molecule has 18 heavy (non-hydrogen) atoms. The van der Waals surface area contributed by atoms with Crippen LogP contribution in [0.5, 0.6) is 11.5 Å². The Bertz CT molecular complexity index is 575. The molecule has 1 aromatic heterocycles. The number of hydrogen-bond acceptors (Lipinski definition) is 3. The second kappa shape index (κ2) is 4.91. The van der Waals surface area contributed by atoms with Gasteiger partial charge in [-0.3, -0.25) is 4.68 Å². The normalized spacial score (nSPS) is 10.3. The van der Waals surface area contributed by atoms with Crippen LogP contribution in [0.4, 0.5) is 0 Å². The van der Waals surface area contributed by atoms with Crippen molar-refractivity contribution >= 4 is 5.97 Å². The summed E-state index contributed by atoms with van der Waals surface area (Å²) in [6.07, 6.45) is 3.38. The summed E-state index contributed by atoms with van der Waals surface area (Å²) in [5.74, 6) is 0.164. The molecule has 0 amide bonds. The average Bonchev–Trinajstić information content (AvgIpc) is 2.79. The largest absolute Gasteiger partial charge is 0.478 e. The molecule has 0 radical (unpaired) electrons. The molecule has 0 unspecified atom stereocenters. The van der Waals surface area contributed by atoms with Gasteiger partial charge >= 0.3 is 5.97 Å². The van der Waals surface area contributed by atoms with E-state index in [-0.39, 0.29) is 5.56 Å². The van der Waals surface area contributed by atoms with E-state index in [0.717, 1.165) is 12.1 Å². The first-order chi connectivity index (χ1) is 8.60. The van der Waals surface area contributed by atoms with Crippen molar-refractivity contribution in [2.45, 2.75) is 20.4 Å². The van der Waals surface area contributed by atoms with Gasteiger partial charge in [0.1, 0.15) is 5.75 Å². The molecule has 2 aromatic rings. The van der Waals surface area contributed by atoms with Gasteiger partial charge in [-0.1, -0.05) is 6.07 Å². The van der Waals surface area contributed by atoms with Gasteiger partial charge < -0.3 is 9.84 Å². The predicted molar refractivity (Wildman–Crippen MR) is 66.1 cm³/mol. The quantitative estimate of drug-likeness (QED) is 0.900. The number of carbonyl (C=O) groups is 1. The Morgan fingerprint density at radius 2 is 2.28 bits per heavy atom. The summed E-state index contributed by atoms with van der Waals surface area (Å²) >= 11 is 0. The fourth-order valence-electron chi connectivity index (χ4n) is 1.54. The lowest BCUT2D eigenvalue weighted by atomic mass is 10.1. The lowest BCUT2D eigenvalue weighted by Gasteiger charge is -2.07. The van der Waals surface area contributed by atoms with Crippen molar-refractivity contribution in [3.8, 4) is 11.5 Å². The van der Waals surface area contributed by atoms with Crippen LogP contribution in [0.15, 0.2) is 30.6 Å². The first-order valence-corrected chi connectivity index (χ1v) is 5.64. The maximum absolute atomic E-state index is 10.9. The maximum atomic E-state index is 10.9. The molecule has 0 aliphatic rings. The Kier molecular flexibility index (Phi) is 3.32. The summed E-state index contributed by atoms with van der Waals surface area (Å²) in [6, 6.07) is 4.80. The molecule has 1 heterocycles. The van der Waals surface area contributed by atoms with Crippen molar-refractivity contribution < 1.29 is 14.6 Å². The van der Waals surface area contributed by atoms with Crippen molar-refractivity contribution in [2.75, 3.05) is 0 Å². The zero-order chi connectivity index (χ0) is 13.1. The van der Waals surface area contributed by atoms with E-state index in [2.05, 4.69) is 5.10 Å². The molecule has 0 saturated heterocycles. The molecule has 0 aliphatic heterocycles. The van der Waals surface area contributed by atoms with Crippen LogP contribution in [-0.4, -0.2) is 20.9 Å². The van der Waals surface area contributed by atoms with Gasteiger partial charge in [-0.25, -0.2) is 4.79 Å². The van der Waals surface area contributed by atoms with Gasteiger partial charge in [0.15, 0.2) is 5.75 Å². The Balaban J connectivity index is 2.27. The highest BCUT2D eigenvalue weighted by Crippen LogP contribution is 2.25. The van der Waals surface area contributed by atoms with Crippen molar-refractivity contribution in [3.63, 3.8) is 0 Å². The number of benzene rings is 1. The van der Waals surface area contributed by atoms with Gasteiger partial charge in [-0.05, 0) is 31.5 Å². The van der Waals surface area contributed by atoms with Gasteiger partial charge in [-0.15, -0.1) is 0 Å². The summed E-state index contributed by atoms with van der Waals surface area (Å²) < 4.78 is 7.38. The van der Waals surface area contributed by atoms with Crippen LogP contribution >= 0.6 is 0 Å². The molecule has 0 fully saturated rings. The van der Waals surface area contributed by atoms with E-state index in [0.29, 0.717) is 11.5 Å². The smallest absolute Gasteiger partial charge is 0.335 e. The Morgan fingerprint density at radius 1 is 1.50 bits per heavy atom. The molecule has 1 aromatic carbocycles. The molecule has 2 rings (SSSR count). The maximum Gasteiger partial charge on any atom is 0.335 e. The monoisotopic (exact) mass is 246 g/mol. The lowest BCUT2D eigenvalue weighted by Crippen LogP contribution is -1.97. The Hall–Kier alpha value is -2.30. The molecule has 5 nitrogen and oxygen atoms in total. The van der Waals surface area contributed by atoms with Crippen LogP contribution in [0, 0.1) is 6.92 Å². The number of carboxylic acids is 1. The molecule has 0 spiro atoms. The lowest BCUT2D eigenvalue weighted by molar-refractivity contribution is 0.0696. The van der Waals surface area contributed by atoms with Crippen LogP contribution < -0.4 is 4.74 Å². The SMILES string of the molecule is CCn1cc(Oc2cc(C(=O)O)ccc2C)cn1. The van der Waals surface area contributed by atoms with E-state index in [1.807, 2.05) is 13.8 Å². The molecular weight excluding hydrogens is 232 g/mol. The van der Waals surface area contributed by atoms with Crippen molar-refractivity contribution in [1.29, 1.82) is 0 Å². The molecule has 0 aliphatic carbocycles. The minimum Gasteiger partial charge on any atom is -0.478 e. The van der Waals surface area contributed by atoms with Crippen LogP contribution in [0.2, 0.25) is 0 Å². The van der Waals surface area contributed by atoms with Crippen LogP contribution in [0.25, 0.3) is 0 Å². The zero-order valence-corrected chi connectivity index (χ0v) is 10.3. The van der Waals surface area contributed by atoms with Crippen LogP contribution in [-0.2, 0) is 6.54 Å². The zero-order valence-electron chi connectivity index (χ0n) is 10.3. The predicted octanol–water partition coefficient (Wildman–Crippen LogP) is 2.70. The molecule has 5 heteroatoms. The minimum atomic E-state index is -0.968. The van der Waals surface area contributed by atoms with Crippen molar-refractivity contribution in [2.24, 2.45) is 0 Å². The van der Waals surface area contributed by atoms with E-state index in [1.165, 1.54) is 6.07 Å². The highest BCUT2D eigenvalue weighted by atomic mass is 16.5. The molecule has 1 N–H and O–H groups in total. The summed E-state index contributed by atoms with van der Waals surface area (Å²) in [7, 11) is 0. The van der Waals surface area contributed by atoms with Gasteiger partial charge in [-0.2, -0.15) is 5.10 Å². The Morgan fingerprint density at radius 3 is 2.89 bits per heavy atom. The topological polar surface area (TPSA) is 64.3 Å². The second-order valence-electron chi connectivity index (χ2n) is 3.92. The number of aryl methyl sites for hydroxylation is 2. The van der Waals surface area contributed by atoms with Crippen molar-refractivity contribution in [3.05, 3.63) is 41.7 Å². The van der Waals surface area contributed by atoms with Gasteiger partial charge in [0.2, 0.25) is 0 Å². The van der Waals surface area contributed by atoms with Crippen LogP contribution in [0.3, 0.4) is 0 Å². The number of carboxylic acid groups (broad SMARTS) is 1. The molecular formula is C13H14N2O3. The number of aromatic carboxylic acids is 1. The Labute approximate surface area is 105 Å². The first kappa shape index (κ1) is 12.2. The molecule has 94 valence electrons. The summed E-state index contributed by atoms with van der Waals surface area (Å²) in [4.78, 5) is 10.9. The number of rotatable bonds is 4. The highest BCUT2D eigenvalue weighted by Gasteiger charge is 2.08. The third-order valence-electron chi connectivity index (χ3n) is 2.60.